The number of halogens is 7. The van der Waals surface area contributed by atoms with Crippen molar-refractivity contribution in [3.63, 3.8) is 0 Å². The highest BCUT2D eigenvalue weighted by Gasteiger charge is 2.56. The summed E-state index contributed by atoms with van der Waals surface area (Å²) < 4.78 is 109. The molecule has 92 heavy (non-hydrogen) atoms. The molecule has 5 heterocycles. The molecule has 21 nitrogen and oxygen atoms in total. The summed E-state index contributed by atoms with van der Waals surface area (Å²) in [7, 11) is 0. The molecule has 520 valence electrons. The molecule has 0 bridgehead atoms. The van der Waals surface area contributed by atoms with Crippen LogP contribution < -0.4 is 10.6 Å². The quantitative estimate of drug-likeness (QED) is 0.0534. The topological polar surface area (TPSA) is 231 Å². The van der Waals surface area contributed by atoms with Crippen LogP contribution in [0.2, 0.25) is 0 Å². The van der Waals surface area contributed by atoms with Crippen molar-refractivity contribution in [2.24, 2.45) is 41.4 Å². The van der Waals surface area contributed by atoms with Crippen LogP contribution in [0, 0.1) is 41.4 Å². The summed E-state index contributed by atoms with van der Waals surface area (Å²) in [4.78, 5) is 53.0. The van der Waals surface area contributed by atoms with Gasteiger partial charge in [-0.05, 0) is 42.2 Å². The summed E-state index contributed by atoms with van der Waals surface area (Å²) in [6.07, 6.45) is -17.8. The van der Waals surface area contributed by atoms with E-state index in [1.165, 1.54) is 13.8 Å². The minimum Gasteiger partial charge on any atom is -0.457 e. The van der Waals surface area contributed by atoms with Gasteiger partial charge < -0.3 is 81.7 Å². The highest BCUT2D eigenvalue weighted by Crippen LogP contribution is 2.44. The van der Waals surface area contributed by atoms with E-state index in [0.717, 1.165) is 11.1 Å². The molecule has 0 radical (unpaired) electrons. The molecule has 2 aromatic rings. The number of alkyl halides is 7. The van der Waals surface area contributed by atoms with E-state index in [0.29, 0.717) is 26.1 Å². The Hall–Kier alpha value is -2.85. The standard InChI is InChI=1S/C64H91Cl6FN2O19/c1-13-43-52(89-57-48(72-61(76)80-30-63(65,66)67)36(8)50(44(14-2)85-57)90-59-54(82-39(11)74)34(6)32(4)46(87-59)28-78-26-41-22-18-16-19-23-41)38(10)53(56(71)84-43)92-58-49(73-62(77)81-31-64(68,69)70)37(9)51(45(15-3)86-58)91-60-55(83-40(12)75)35(7)33(5)47(88-60)29-79-27-42-24-20-17-21-25-42/h16-25,32-38,43-60H,13-15,26-31H2,1-12H3,(H,72,76)(H,73,77)/t32-,33-,34+,35+,36-,37-,38+,43?,44?,45?,46?,47?,48?,49?,50+,51+,52+,53?,54?,55?,56+,57+,58+,59+,60+/m1/s1. The zero-order valence-electron chi connectivity index (χ0n) is 54.0. The number of nitrogens with one attached hydrogen (secondary N) is 2. The van der Waals surface area contributed by atoms with E-state index in [2.05, 4.69) is 10.6 Å². The van der Waals surface area contributed by atoms with Crippen LogP contribution in [0.15, 0.2) is 60.7 Å². The maximum atomic E-state index is 17.1. The largest absolute Gasteiger partial charge is 0.457 e. The Labute approximate surface area is 569 Å². The van der Waals surface area contributed by atoms with Crippen molar-refractivity contribution in [1.82, 2.24) is 10.6 Å². The number of rotatable bonds is 25. The molecular formula is C64H91Cl6FN2O19. The zero-order valence-corrected chi connectivity index (χ0v) is 58.5. The molecule has 2 N–H and O–H groups in total. The number of alkyl carbamates (subject to hydrolysis) is 2. The van der Waals surface area contributed by atoms with E-state index in [9.17, 15) is 19.2 Å². The first kappa shape index (κ1) is 76.5. The smallest absolute Gasteiger partial charge is 0.407 e. The van der Waals surface area contributed by atoms with Crippen molar-refractivity contribution in [2.75, 3.05) is 26.4 Å². The van der Waals surface area contributed by atoms with Crippen LogP contribution in [0.3, 0.4) is 0 Å². The lowest BCUT2D eigenvalue weighted by molar-refractivity contribution is -0.362. The second kappa shape index (κ2) is 35.1. The van der Waals surface area contributed by atoms with Gasteiger partial charge in [0.1, 0.15) is 19.3 Å². The molecule has 10 unspecified atom stereocenters. The molecule has 28 heteroatoms. The first-order valence-corrected chi connectivity index (χ1v) is 33.9. The second-order valence-corrected chi connectivity index (χ2v) is 29.7. The van der Waals surface area contributed by atoms with E-state index >= 15 is 4.39 Å². The monoisotopic (exact) mass is 1420 g/mol. The van der Waals surface area contributed by atoms with E-state index in [1.54, 1.807) is 20.8 Å². The molecule has 2 amide bonds. The average molecular weight is 1420 g/mol. The van der Waals surface area contributed by atoms with Gasteiger partial charge in [0.15, 0.2) is 37.4 Å². The van der Waals surface area contributed by atoms with Gasteiger partial charge in [-0.15, -0.1) is 0 Å². The number of hydrogen-bond donors (Lipinski definition) is 2. The minimum absolute atomic E-state index is 0.146. The summed E-state index contributed by atoms with van der Waals surface area (Å²) in [6, 6.07) is 17.1. The summed E-state index contributed by atoms with van der Waals surface area (Å²) in [5, 5.41) is 5.66. The van der Waals surface area contributed by atoms with E-state index in [4.69, 9.17) is 141 Å². The highest BCUT2D eigenvalue weighted by atomic mass is 35.6. The Bertz CT molecular complexity index is 2620. The van der Waals surface area contributed by atoms with Crippen molar-refractivity contribution in [3.05, 3.63) is 71.8 Å². The molecule has 0 aliphatic carbocycles. The van der Waals surface area contributed by atoms with Gasteiger partial charge in [0.2, 0.25) is 13.9 Å². The Morgan fingerprint density at radius 3 is 1.14 bits per heavy atom. The van der Waals surface area contributed by atoms with Gasteiger partial charge in [-0.3, -0.25) is 9.59 Å². The highest BCUT2D eigenvalue weighted by molar-refractivity contribution is 6.68. The maximum absolute atomic E-state index is 17.1. The van der Waals surface area contributed by atoms with Gasteiger partial charge in [-0.25, -0.2) is 14.0 Å². The molecule has 2 aromatic carbocycles. The summed E-state index contributed by atoms with van der Waals surface area (Å²) >= 11 is 36.1. The fraction of sp³-hybridized carbons (Fsp3) is 0.750. The molecule has 0 aromatic heterocycles. The molecule has 7 rings (SSSR count). The molecule has 5 aliphatic heterocycles. The Kier molecular flexibility index (Phi) is 29.2. The number of amides is 2. The lowest BCUT2D eigenvalue weighted by Crippen LogP contribution is -2.66. The van der Waals surface area contributed by atoms with Crippen LogP contribution in [0.4, 0.5) is 14.0 Å². The van der Waals surface area contributed by atoms with Crippen LogP contribution in [0.5, 0.6) is 0 Å². The van der Waals surface area contributed by atoms with Crippen molar-refractivity contribution in [3.8, 4) is 0 Å². The SMILES string of the molecule is CCC1O[C@@H](OC2[C@@H](C)[C@H](O[C@@H]3OC(CC)[C@@H](O[C@@H]4OC(COCc5ccccc5)[C@H](C)[C@H](C)C4OC(C)=O)[C@H](C)C3NC(=O)OCC(Cl)(Cl)Cl)C(CC)O[C@@H]2F)C(NC(=O)OCC(Cl)(Cl)Cl)[C@@H](C)[C@@H]1O[C@@H]1OC(COCc2ccccc2)[C@H](C)[C@H](C)C1OC(C)=O. The zero-order chi connectivity index (χ0) is 67.4. The Morgan fingerprint density at radius 2 is 0.783 bits per heavy atom. The van der Waals surface area contributed by atoms with Crippen LogP contribution in [0.1, 0.15) is 113 Å². The first-order chi connectivity index (χ1) is 43.5. The third-order valence-corrected chi connectivity index (χ3v) is 18.8. The minimum atomic E-state index is -2.10. The van der Waals surface area contributed by atoms with Crippen molar-refractivity contribution < 1.29 is 94.6 Å². The molecule has 5 saturated heterocycles. The van der Waals surface area contributed by atoms with Crippen molar-refractivity contribution >= 4 is 93.7 Å². The molecule has 0 spiro atoms. The fourth-order valence-corrected chi connectivity index (χ4v) is 12.9. The number of ether oxygens (including phenoxy) is 15. The number of carbonyl (C=O) groups excluding carboxylic acids is 4. The summed E-state index contributed by atoms with van der Waals surface area (Å²) in [5.74, 6) is -4.30. The van der Waals surface area contributed by atoms with Crippen LogP contribution in [0.25, 0.3) is 0 Å². The third kappa shape index (κ3) is 21.1. The number of carbonyl (C=O) groups is 4. The van der Waals surface area contributed by atoms with Gasteiger partial charge >= 0.3 is 24.1 Å². The van der Waals surface area contributed by atoms with Crippen LogP contribution >= 0.6 is 69.6 Å². The number of benzene rings is 2. The van der Waals surface area contributed by atoms with Gasteiger partial charge in [0.25, 0.3) is 0 Å². The Morgan fingerprint density at radius 1 is 0.446 bits per heavy atom. The third-order valence-electron chi connectivity index (χ3n) is 18.2. The molecular weight excluding hydrogens is 1330 g/mol. The molecule has 25 atom stereocenters. The predicted molar refractivity (Wildman–Crippen MR) is 339 cm³/mol. The normalized spacial score (nSPS) is 36.9. The van der Waals surface area contributed by atoms with Gasteiger partial charge in [-0.1, -0.05) is 200 Å². The van der Waals surface area contributed by atoms with E-state index in [-0.39, 0.29) is 43.3 Å². The Balaban J connectivity index is 1.15. The lowest BCUT2D eigenvalue weighted by Gasteiger charge is -2.52. The first-order valence-electron chi connectivity index (χ1n) is 31.6. The molecule has 5 fully saturated rings. The summed E-state index contributed by atoms with van der Waals surface area (Å²) in [5.41, 5.74) is 1.95. The maximum Gasteiger partial charge on any atom is 0.407 e. The average Bonchev–Trinajstić information content (AvgIpc) is 0.777. The predicted octanol–water partition coefficient (Wildman–Crippen LogP) is 12.0. The number of hydrogen-bond acceptors (Lipinski definition) is 19. The van der Waals surface area contributed by atoms with Gasteiger partial charge in [-0.2, -0.15) is 0 Å². The van der Waals surface area contributed by atoms with Crippen LogP contribution in [-0.2, 0) is 93.9 Å². The van der Waals surface area contributed by atoms with E-state index in [1.807, 2.05) is 109 Å². The van der Waals surface area contributed by atoms with Crippen molar-refractivity contribution in [1.29, 1.82) is 0 Å². The molecule has 5 aliphatic rings. The molecule has 0 saturated carbocycles. The van der Waals surface area contributed by atoms with Gasteiger partial charge in [0, 0.05) is 43.4 Å². The lowest BCUT2D eigenvalue weighted by atomic mass is 9.83. The van der Waals surface area contributed by atoms with Crippen molar-refractivity contribution in [2.45, 2.75) is 234 Å². The summed E-state index contributed by atoms with van der Waals surface area (Å²) in [6.45, 7) is 21.1. The number of esters is 2. The van der Waals surface area contributed by atoms with Crippen LogP contribution in [-0.4, -0.2) is 169 Å². The second-order valence-electron chi connectivity index (χ2n) is 24.7. The van der Waals surface area contributed by atoms with E-state index < -0.39 is 173 Å². The van der Waals surface area contributed by atoms with Gasteiger partial charge in [0.05, 0.1) is 87.3 Å². The fourth-order valence-electron chi connectivity index (χ4n) is 12.6.